The standard InChI is InChI=1S/C23H24ClFN2O5/c1-12(28)13-6-8-18-15(9-13)20(21(23(2,3)32-18)31-19(29)11-26-4)27-22(30)14-5-7-17(25)16(24)10-14/h5-10,20-21,26H,11H2,1-4H3,(H,27,30)/t20-,21-/m0/s1. The Kier molecular flexibility index (Phi) is 6.85. The topological polar surface area (TPSA) is 93.7 Å². The normalized spacial score (nSPS) is 18.8. The number of hydrogen-bond acceptors (Lipinski definition) is 6. The highest BCUT2D eigenvalue weighted by Gasteiger charge is 2.47. The third-order valence-electron chi connectivity index (χ3n) is 5.16. The van der Waals surface area contributed by atoms with Gasteiger partial charge in [-0.1, -0.05) is 11.6 Å². The van der Waals surface area contributed by atoms with Gasteiger partial charge in [0, 0.05) is 16.7 Å². The Morgan fingerprint density at radius 1 is 1.16 bits per heavy atom. The molecule has 2 aromatic carbocycles. The minimum Gasteiger partial charge on any atom is -0.484 e. The summed E-state index contributed by atoms with van der Waals surface area (Å²) in [7, 11) is 1.61. The maximum atomic E-state index is 13.5. The summed E-state index contributed by atoms with van der Waals surface area (Å²) in [5.41, 5.74) is 0.0227. The van der Waals surface area contributed by atoms with E-state index in [1.807, 2.05) is 0 Å². The molecule has 1 heterocycles. The molecule has 0 saturated heterocycles. The molecule has 2 N–H and O–H groups in total. The third kappa shape index (κ3) is 4.92. The molecule has 0 spiro atoms. The highest BCUT2D eigenvalue weighted by Crippen LogP contribution is 2.42. The summed E-state index contributed by atoms with van der Waals surface area (Å²) in [5, 5.41) is 5.38. The van der Waals surface area contributed by atoms with E-state index in [-0.39, 0.29) is 22.9 Å². The number of ketones is 1. The molecule has 0 aliphatic carbocycles. The Hall–Kier alpha value is -2.97. The van der Waals surface area contributed by atoms with E-state index < -0.39 is 35.4 Å². The van der Waals surface area contributed by atoms with Crippen molar-refractivity contribution in [3.8, 4) is 5.75 Å². The highest BCUT2D eigenvalue weighted by molar-refractivity contribution is 6.31. The van der Waals surface area contributed by atoms with Crippen molar-refractivity contribution in [2.75, 3.05) is 13.6 Å². The number of hydrogen-bond donors (Lipinski definition) is 2. The summed E-state index contributed by atoms with van der Waals surface area (Å²) in [5.74, 6) is -1.46. The summed E-state index contributed by atoms with van der Waals surface area (Å²) < 4.78 is 25.3. The number of carbonyl (C=O) groups excluding carboxylic acids is 3. The first kappa shape index (κ1) is 23.7. The number of likely N-dealkylation sites (N-methyl/N-ethyl adjacent to an activating group) is 1. The molecule has 2 atom stereocenters. The number of nitrogens with one attached hydrogen (secondary N) is 2. The van der Waals surface area contributed by atoms with Crippen LogP contribution >= 0.6 is 11.6 Å². The van der Waals surface area contributed by atoms with Gasteiger partial charge in [0.1, 0.15) is 17.2 Å². The van der Waals surface area contributed by atoms with Gasteiger partial charge < -0.3 is 20.1 Å². The van der Waals surface area contributed by atoms with Crippen LogP contribution in [0.4, 0.5) is 4.39 Å². The lowest BCUT2D eigenvalue weighted by atomic mass is 9.85. The van der Waals surface area contributed by atoms with Crippen molar-refractivity contribution in [2.45, 2.75) is 38.5 Å². The van der Waals surface area contributed by atoms with E-state index in [1.54, 1.807) is 39.1 Å². The van der Waals surface area contributed by atoms with Crippen LogP contribution in [-0.4, -0.2) is 43.0 Å². The molecule has 1 aliphatic rings. The number of Topliss-reactive ketones (excluding diaryl/α,β-unsaturated/α-hetero) is 1. The van der Waals surface area contributed by atoms with Gasteiger partial charge in [0.25, 0.3) is 5.91 Å². The number of rotatable bonds is 6. The molecular formula is C23H24ClFN2O5. The molecule has 2 aromatic rings. The molecule has 0 aromatic heterocycles. The molecular weight excluding hydrogens is 439 g/mol. The fourth-order valence-electron chi connectivity index (χ4n) is 3.56. The first-order chi connectivity index (χ1) is 15.0. The second kappa shape index (κ2) is 9.26. The Balaban J connectivity index is 2.05. The summed E-state index contributed by atoms with van der Waals surface area (Å²) >= 11 is 5.83. The van der Waals surface area contributed by atoms with E-state index in [4.69, 9.17) is 21.1 Å². The predicted molar refractivity (Wildman–Crippen MR) is 117 cm³/mol. The number of amides is 1. The zero-order valence-electron chi connectivity index (χ0n) is 18.1. The lowest BCUT2D eigenvalue weighted by molar-refractivity contribution is -0.164. The van der Waals surface area contributed by atoms with Gasteiger partial charge in [-0.25, -0.2) is 4.39 Å². The largest absolute Gasteiger partial charge is 0.484 e. The highest BCUT2D eigenvalue weighted by atomic mass is 35.5. The van der Waals surface area contributed by atoms with E-state index in [1.165, 1.54) is 19.1 Å². The van der Waals surface area contributed by atoms with E-state index in [9.17, 15) is 18.8 Å². The van der Waals surface area contributed by atoms with E-state index in [0.29, 0.717) is 16.9 Å². The van der Waals surface area contributed by atoms with Gasteiger partial charge in [0.05, 0.1) is 17.6 Å². The van der Waals surface area contributed by atoms with Gasteiger partial charge >= 0.3 is 5.97 Å². The van der Waals surface area contributed by atoms with Gasteiger partial charge in [-0.15, -0.1) is 0 Å². The molecule has 0 unspecified atom stereocenters. The van der Waals surface area contributed by atoms with Crippen LogP contribution in [0.5, 0.6) is 5.75 Å². The molecule has 1 amide bonds. The second-order valence-corrected chi connectivity index (χ2v) is 8.44. The van der Waals surface area contributed by atoms with Crippen molar-refractivity contribution in [1.82, 2.24) is 10.6 Å². The first-order valence-electron chi connectivity index (χ1n) is 9.97. The monoisotopic (exact) mass is 462 g/mol. The Labute approximate surface area is 190 Å². The molecule has 9 heteroatoms. The van der Waals surface area contributed by atoms with Crippen LogP contribution in [0.2, 0.25) is 5.02 Å². The second-order valence-electron chi connectivity index (χ2n) is 8.04. The van der Waals surface area contributed by atoms with Crippen LogP contribution in [0.1, 0.15) is 53.1 Å². The predicted octanol–water partition coefficient (Wildman–Crippen LogP) is 3.46. The minimum absolute atomic E-state index is 0.0405. The Morgan fingerprint density at radius 2 is 1.84 bits per heavy atom. The zero-order chi connectivity index (χ0) is 23.6. The van der Waals surface area contributed by atoms with E-state index in [2.05, 4.69) is 10.6 Å². The fourth-order valence-corrected chi connectivity index (χ4v) is 3.74. The van der Waals surface area contributed by atoms with Gasteiger partial charge in [0.2, 0.25) is 0 Å². The molecule has 0 fully saturated rings. The van der Waals surface area contributed by atoms with Gasteiger partial charge in [-0.3, -0.25) is 14.4 Å². The molecule has 0 bridgehead atoms. The average Bonchev–Trinajstić information content (AvgIpc) is 2.72. The van der Waals surface area contributed by atoms with Gasteiger partial charge in [-0.05, 0) is 64.2 Å². The maximum Gasteiger partial charge on any atom is 0.320 e. The number of fused-ring (bicyclic) bond motifs is 1. The lowest BCUT2D eigenvalue weighted by Crippen LogP contribution is -2.56. The van der Waals surface area contributed by atoms with Crippen LogP contribution in [0.15, 0.2) is 36.4 Å². The molecule has 0 saturated carbocycles. The number of carbonyl (C=O) groups is 3. The SMILES string of the molecule is CNCC(=O)O[C@H]1[C@@H](NC(=O)c2ccc(F)c(Cl)c2)c2cc(C(C)=O)ccc2OC1(C)C. The van der Waals surface area contributed by atoms with Crippen molar-refractivity contribution in [2.24, 2.45) is 0 Å². The number of benzene rings is 2. The number of ether oxygens (including phenoxy) is 2. The maximum absolute atomic E-state index is 13.5. The van der Waals surface area contributed by atoms with Crippen LogP contribution in [0.25, 0.3) is 0 Å². The minimum atomic E-state index is -1.01. The summed E-state index contributed by atoms with van der Waals surface area (Å²) in [6.07, 6.45) is -0.919. The van der Waals surface area contributed by atoms with E-state index >= 15 is 0 Å². The van der Waals surface area contributed by atoms with Crippen molar-refractivity contribution < 1.29 is 28.2 Å². The summed E-state index contributed by atoms with van der Waals surface area (Å²) in [6, 6.07) is 7.65. The lowest BCUT2D eigenvalue weighted by Gasteiger charge is -2.44. The zero-order valence-corrected chi connectivity index (χ0v) is 18.9. The summed E-state index contributed by atoms with van der Waals surface area (Å²) in [4.78, 5) is 37.3. The molecule has 1 aliphatic heterocycles. The van der Waals surface area contributed by atoms with Crippen molar-refractivity contribution in [3.05, 3.63) is 63.9 Å². The van der Waals surface area contributed by atoms with Gasteiger partial charge in [-0.2, -0.15) is 0 Å². The average molecular weight is 463 g/mol. The molecule has 32 heavy (non-hydrogen) atoms. The van der Waals surface area contributed by atoms with Crippen molar-refractivity contribution >= 4 is 29.3 Å². The first-order valence-corrected chi connectivity index (χ1v) is 10.3. The Morgan fingerprint density at radius 3 is 2.47 bits per heavy atom. The van der Waals surface area contributed by atoms with Gasteiger partial charge in [0.15, 0.2) is 11.9 Å². The Bertz CT molecular complexity index is 1070. The number of halogens is 2. The molecule has 170 valence electrons. The van der Waals surface area contributed by atoms with Crippen molar-refractivity contribution in [3.63, 3.8) is 0 Å². The van der Waals surface area contributed by atoms with Crippen LogP contribution < -0.4 is 15.4 Å². The molecule has 3 rings (SSSR count). The van der Waals surface area contributed by atoms with Crippen LogP contribution in [-0.2, 0) is 9.53 Å². The fraction of sp³-hybridized carbons (Fsp3) is 0.348. The summed E-state index contributed by atoms with van der Waals surface area (Å²) in [6.45, 7) is 4.86. The van der Waals surface area contributed by atoms with Crippen LogP contribution in [0, 0.1) is 5.82 Å². The third-order valence-corrected chi connectivity index (χ3v) is 5.45. The molecule has 0 radical (unpaired) electrons. The van der Waals surface area contributed by atoms with Crippen molar-refractivity contribution in [1.29, 1.82) is 0 Å². The van der Waals surface area contributed by atoms with Crippen LogP contribution in [0.3, 0.4) is 0 Å². The molecule has 7 nitrogen and oxygen atoms in total. The van der Waals surface area contributed by atoms with E-state index in [0.717, 1.165) is 6.07 Å². The number of esters is 1. The smallest absolute Gasteiger partial charge is 0.320 e. The quantitative estimate of drug-likeness (QED) is 0.504.